The maximum absolute atomic E-state index is 5.59. The summed E-state index contributed by atoms with van der Waals surface area (Å²) in [7, 11) is 0. The summed E-state index contributed by atoms with van der Waals surface area (Å²) in [6.07, 6.45) is 2.93. The fourth-order valence-corrected chi connectivity index (χ4v) is 2.50. The predicted molar refractivity (Wildman–Crippen MR) is 50.7 cm³/mol. The summed E-state index contributed by atoms with van der Waals surface area (Å²) in [5, 5.41) is 3.49. The first-order valence-corrected chi connectivity index (χ1v) is 5.47. The SMILES string of the molecule is C1CC1CN1C2CNCC1COC2. The molecule has 3 rings (SSSR count). The van der Waals surface area contributed by atoms with Gasteiger partial charge in [-0.25, -0.2) is 0 Å². The van der Waals surface area contributed by atoms with Crippen LogP contribution in [0.2, 0.25) is 0 Å². The number of hydrogen-bond donors (Lipinski definition) is 1. The molecule has 2 heterocycles. The molecule has 0 aromatic heterocycles. The van der Waals surface area contributed by atoms with Gasteiger partial charge in [-0.3, -0.25) is 4.90 Å². The molecule has 0 amide bonds. The number of hydrogen-bond acceptors (Lipinski definition) is 3. The van der Waals surface area contributed by atoms with E-state index in [0.717, 1.165) is 32.2 Å². The van der Waals surface area contributed by atoms with E-state index < -0.39 is 0 Å². The summed E-state index contributed by atoms with van der Waals surface area (Å²) in [5.74, 6) is 1.01. The largest absolute Gasteiger partial charge is 0.378 e. The zero-order valence-corrected chi connectivity index (χ0v) is 8.04. The van der Waals surface area contributed by atoms with E-state index in [4.69, 9.17) is 4.74 Å². The Morgan fingerprint density at radius 1 is 1.15 bits per heavy atom. The average molecular weight is 182 g/mol. The quantitative estimate of drug-likeness (QED) is 0.654. The summed E-state index contributed by atoms with van der Waals surface area (Å²) in [6.45, 7) is 5.47. The van der Waals surface area contributed by atoms with Crippen LogP contribution < -0.4 is 5.32 Å². The van der Waals surface area contributed by atoms with Crippen molar-refractivity contribution in [2.45, 2.75) is 24.9 Å². The average Bonchev–Trinajstić information content (AvgIpc) is 2.87. The molecule has 1 saturated carbocycles. The van der Waals surface area contributed by atoms with Gasteiger partial charge < -0.3 is 10.1 Å². The van der Waals surface area contributed by atoms with Crippen molar-refractivity contribution >= 4 is 0 Å². The molecule has 1 aliphatic carbocycles. The van der Waals surface area contributed by atoms with Gasteiger partial charge in [-0.15, -0.1) is 0 Å². The highest BCUT2D eigenvalue weighted by molar-refractivity contribution is 4.93. The lowest BCUT2D eigenvalue weighted by Crippen LogP contribution is -2.63. The van der Waals surface area contributed by atoms with Gasteiger partial charge in [0, 0.05) is 31.7 Å². The molecule has 3 aliphatic rings. The van der Waals surface area contributed by atoms with Crippen LogP contribution in [0.25, 0.3) is 0 Å². The molecule has 2 aliphatic heterocycles. The van der Waals surface area contributed by atoms with Gasteiger partial charge in [0.05, 0.1) is 13.2 Å². The van der Waals surface area contributed by atoms with Gasteiger partial charge in [-0.05, 0) is 18.8 Å². The Bertz CT molecular complexity index is 171. The summed E-state index contributed by atoms with van der Waals surface area (Å²) in [4.78, 5) is 2.69. The Hall–Kier alpha value is -0.120. The van der Waals surface area contributed by atoms with E-state index in [9.17, 15) is 0 Å². The first-order valence-electron chi connectivity index (χ1n) is 5.47. The third-order valence-corrected chi connectivity index (χ3v) is 3.48. The lowest BCUT2D eigenvalue weighted by Gasteiger charge is -2.46. The third kappa shape index (κ3) is 1.60. The van der Waals surface area contributed by atoms with Gasteiger partial charge in [-0.2, -0.15) is 0 Å². The molecule has 3 heteroatoms. The lowest BCUT2D eigenvalue weighted by molar-refractivity contribution is -0.0663. The molecular weight excluding hydrogens is 164 g/mol. The smallest absolute Gasteiger partial charge is 0.0635 e. The Labute approximate surface area is 79.4 Å². The predicted octanol–water partition coefficient (Wildman–Crippen LogP) is 0.0690. The number of rotatable bonds is 2. The number of nitrogens with one attached hydrogen (secondary N) is 1. The molecule has 3 fully saturated rings. The molecular formula is C10H18N2O. The van der Waals surface area contributed by atoms with Gasteiger partial charge in [0.15, 0.2) is 0 Å². The highest BCUT2D eigenvalue weighted by Gasteiger charge is 2.37. The summed E-state index contributed by atoms with van der Waals surface area (Å²) in [6, 6.07) is 1.32. The molecule has 2 unspecified atom stereocenters. The highest BCUT2D eigenvalue weighted by Crippen LogP contribution is 2.32. The van der Waals surface area contributed by atoms with Crippen molar-refractivity contribution in [2.75, 3.05) is 32.8 Å². The Morgan fingerprint density at radius 2 is 1.85 bits per heavy atom. The van der Waals surface area contributed by atoms with Gasteiger partial charge in [0.25, 0.3) is 0 Å². The zero-order chi connectivity index (χ0) is 8.67. The van der Waals surface area contributed by atoms with Crippen molar-refractivity contribution < 1.29 is 4.74 Å². The van der Waals surface area contributed by atoms with E-state index >= 15 is 0 Å². The number of fused-ring (bicyclic) bond motifs is 2. The maximum atomic E-state index is 5.59. The zero-order valence-electron chi connectivity index (χ0n) is 8.04. The standard InChI is InChI=1S/C10H18N2O/c1-2-8(1)5-12-9-3-11-4-10(12)7-13-6-9/h8-11H,1-7H2. The van der Waals surface area contributed by atoms with Crippen molar-refractivity contribution in [3.8, 4) is 0 Å². The van der Waals surface area contributed by atoms with Crippen LogP contribution in [0.1, 0.15) is 12.8 Å². The molecule has 0 aromatic rings. The first kappa shape index (κ1) is 8.21. The fourth-order valence-electron chi connectivity index (χ4n) is 2.50. The third-order valence-electron chi connectivity index (χ3n) is 3.48. The minimum atomic E-state index is 0.660. The molecule has 74 valence electrons. The second-order valence-corrected chi connectivity index (χ2v) is 4.64. The van der Waals surface area contributed by atoms with Crippen molar-refractivity contribution in [1.29, 1.82) is 0 Å². The van der Waals surface area contributed by atoms with Crippen LogP contribution in [0.4, 0.5) is 0 Å². The number of ether oxygens (including phenoxy) is 1. The monoisotopic (exact) mass is 182 g/mol. The second kappa shape index (κ2) is 3.23. The Morgan fingerprint density at radius 3 is 2.46 bits per heavy atom. The van der Waals surface area contributed by atoms with E-state index in [-0.39, 0.29) is 0 Å². The van der Waals surface area contributed by atoms with E-state index in [0.29, 0.717) is 12.1 Å². The van der Waals surface area contributed by atoms with E-state index in [2.05, 4.69) is 10.2 Å². The van der Waals surface area contributed by atoms with E-state index in [1.807, 2.05) is 0 Å². The van der Waals surface area contributed by atoms with E-state index in [1.54, 1.807) is 0 Å². The minimum absolute atomic E-state index is 0.660. The Balaban J connectivity index is 1.67. The topological polar surface area (TPSA) is 24.5 Å². The highest BCUT2D eigenvalue weighted by atomic mass is 16.5. The van der Waals surface area contributed by atoms with Crippen LogP contribution in [0.15, 0.2) is 0 Å². The number of morpholine rings is 1. The summed E-state index contributed by atoms with van der Waals surface area (Å²) >= 11 is 0. The van der Waals surface area contributed by atoms with Crippen LogP contribution in [0.3, 0.4) is 0 Å². The molecule has 13 heavy (non-hydrogen) atoms. The van der Waals surface area contributed by atoms with Crippen LogP contribution in [0, 0.1) is 5.92 Å². The van der Waals surface area contributed by atoms with Gasteiger partial charge in [-0.1, -0.05) is 0 Å². The minimum Gasteiger partial charge on any atom is -0.378 e. The number of piperazine rings is 1. The van der Waals surface area contributed by atoms with E-state index in [1.165, 1.54) is 19.4 Å². The molecule has 2 atom stereocenters. The van der Waals surface area contributed by atoms with Crippen LogP contribution in [-0.4, -0.2) is 49.8 Å². The normalized spacial score (nSPS) is 40.6. The van der Waals surface area contributed by atoms with Crippen molar-refractivity contribution in [2.24, 2.45) is 5.92 Å². The Kier molecular flexibility index (Phi) is 2.04. The molecule has 0 radical (unpaired) electrons. The van der Waals surface area contributed by atoms with Gasteiger partial charge >= 0.3 is 0 Å². The fraction of sp³-hybridized carbons (Fsp3) is 1.00. The van der Waals surface area contributed by atoms with Crippen LogP contribution in [-0.2, 0) is 4.74 Å². The van der Waals surface area contributed by atoms with Crippen molar-refractivity contribution in [3.63, 3.8) is 0 Å². The number of nitrogens with zero attached hydrogens (tertiary/aromatic N) is 1. The van der Waals surface area contributed by atoms with Crippen molar-refractivity contribution in [1.82, 2.24) is 10.2 Å². The molecule has 1 N–H and O–H groups in total. The maximum Gasteiger partial charge on any atom is 0.0635 e. The van der Waals surface area contributed by atoms with Gasteiger partial charge in [0.2, 0.25) is 0 Å². The lowest BCUT2D eigenvalue weighted by atomic mass is 10.1. The summed E-state index contributed by atoms with van der Waals surface area (Å²) < 4.78 is 5.59. The molecule has 3 nitrogen and oxygen atoms in total. The molecule has 2 saturated heterocycles. The first-order chi connectivity index (χ1) is 6.43. The van der Waals surface area contributed by atoms with Crippen LogP contribution >= 0.6 is 0 Å². The van der Waals surface area contributed by atoms with Crippen molar-refractivity contribution in [3.05, 3.63) is 0 Å². The van der Waals surface area contributed by atoms with Gasteiger partial charge in [0.1, 0.15) is 0 Å². The molecule has 0 aromatic carbocycles. The molecule has 2 bridgehead atoms. The van der Waals surface area contributed by atoms with Crippen LogP contribution in [0.5, 0.6) is 0 Å². The molecule has 0 spiro atoms. The summed E-state index contributed by atoms with van der Waals surface area (Å²) in [5.41, 5.74) is 0. The second-order valence-electron chi connectivity index (χ2n) is 4.64.